The third-order valence-electron chi connectivity index (χ3n) is 6.58. The van der Waals surface area contributed by atoms with E-state index in [2.05, 4.69) is 56.3 Å². The molecule has 0 saturated heterocycles. The highest BCUT2D eigenvalue weighted by Crippen LogP contribution is 2.51. The molecule has 3 heteroatoms. The molecule has 3 nitrogen and oxygen atoms in total. The second kappa shape index (κ2) is 7.32. The summed E-state index contributed by atoms with van der Waals surface area (Å²) >= 11 is 0. The standard InChI is InChI=1S/C27H26O3/c1-3-19-5-4-6-20(13-19)21-8-7-18(2)22(14-21)15-26(28)27(11-12-27)23-9-10-24-25(16-23)30-17-29-24/h4-10,13-14,16H,3,11-12,15,17H2,1-2H3. The number of hydrogen-bond donors (Lipinski definition) is 0. The average Bonchev–Trinajstić information content (AvgIpc) is 3.46. The van der Waals surface area contributed by atoms with Gasteiger partial charge in [-0.1, -0.05) is 55.5 Å². The van der Waals surface area contributed by atoms with E-state index < -0.39 is 0 Å². The molecule has 0 radical (unpaired) electrons. The van der Waals surface area contributed by atoms with E-state index in [-0.39, 0.29) is 12.2 Å². The maximum Gasteiger partial charge on any atom is 0.231 e. The Balaban J connectivity index is 1.42. The lowest BCUT2D eigenvalue weighted by atomic mass is 9.86. The minimum absolute atomic E-state index is 0.255. The molecule has 1 aliphatic carbocycles. The van der Waals surface area contributed by atoms with Gasteiger partial charge in [0, 0.05) is 6.42 Å². The summed E-state index contributed by atoms with van der Waals surface area (Å²) in [5, 5.41) is 0. The SMILES string of the molecule is CCc1cccc(-c2ccc(C)c(CC(=O)C3(c4ccc5c(c4)OCO5)CC3)c2)c1. The van der Waals surface area contributed by atoms with E-state index in [1.807, 2.05) is 18.2 Å². The molecule has 1 fully saturated rings. The molecule has 0 bridgehead atoms. The van der Waals surface area contributed by atoms with Crippen LogP contribution in [0.2, 0.25) is 0 Å². The van der Waals surface area contributed by atoms with Crippen LogP contribution in [0.1, 0.15) is 42.0 Å². The first-order chi connectivity index (χ1) is 14.6. The van der Waals surface area contributed by atoms with Gasteiger partial charge in [-0.05, 0) is 71.7 Å². The van der Waals surface area contributed by atoms with E-state index in [1.54, 1.807) is 0 Å². The summed E-state index contributed by atoms with van der Waals surface area (Å²) in [6.45, 7) is 4.52. The number of hydrogen-bond acceptors (Lipinski definition) is 3. The van der Waals surface area contributed by atoms with Gasteiger partial charge in [0.1, 0.15) is 5.78 Å². The van der Waals surface area contributed by atoms with Gasteiger partial charge in [0.05, 0.1) is 5.41 Å². The summed E-state index contributed by atoms with van der Waals surface area (Å²) in [6, 6.07) is 21.1. The molecule has 5 rings (SSSR count). The van der Waals surface area contributed by atoms with Crippen LogP contribution in [0, 0.1) is 6.92 Å². The first-order valence-corrected chi connectivity index (χ1v) is 10.7. The van der Waals surface area contributed by atoms with Crippen molar-refractivity contribution in [1.82, 2.24) is 0 Å². The Labute approximate surface area is 177 Å². The molecule has 1 saturated carbocycles. The predicted octanol–water partition coefficient (Wildman–Crippen LogP) is 5.80. The Morgan fingerprint density at radius 2 is 1.73 bits per heavy atom. The molecule has 0 amide bonds. The molecule has 3 aromatic rings. The largest absolute Gasteiger partial charge is 0.454 e. The van der Waals surface area contributed by atoms with Gasteiger partial charge in [-0.3, -0.25) is 4.79 Å². The fourth-order valence-corrected chi connectivity index (χ4v) is 4.40. The van der Waals surface area contributed by atoms with Crippen molar-refractivity contribution in [2.24, 2.45) is 0 Å². The molecule has 3 aromatic carbocycles. The lowest BCUT2D eigenvalue weighted by molar-refractivity contribution is -0.120. The van der Waals surface area contributed by atoms with E-state index >= 15 is 0 Å². The van der Waals surface area contributed by atoms with Crippen LogP contribution >= 0.6 is 0 Å². The molecular formula is C27H26O3. The summed E-state index contributed by atoms with van der Waals surface area (Å²) in [5.74, 6) is 1.81. The van der Waals surface area contributed by atoms with Crippen LogP contribution in [0.5, 0.6) is 11.5 Å². The van der Waals surface area contributed by atoms with Crippen LogP contribution in [0.3, 0.4) is 0 Å². The second-order valence-electron chi connectivity index (χ2n) is 8.45. The molecule has 0 atom stereocenters. The topological polar surface area (TPSA) is 35.5 Å². The lowest BCUT2D eigenvalue weighted by Crippen LogP contribution is -2.22. The normalized spacial score (nSPS) is 15.8. The van der Waals surface area contributed by atoms with Crippen molar-refractivity contribution in [1.29, 1.82) is 0 Å². The molecule has 152 valence electrons. The molecule has 30 heavy (non-hydrogen) atoms. The molecule has 1 aliphatic heterocycles. The molecule has 0 aromatic heterocycles. The molecule has 1 heterocycles. The van der Waals surface area contributed by atoms with Crippen molar-refractivity contribution in [3.63, 3.8) is 0 Å². The zero-order valence-electron chi connectivity index (χ0n) is 17.5. The minimum Gasteiger partial charge on any atom is -0.454 e. The van der Waals surface area contributed by atoms with Crippen LogP contribution in [0.25, 0.3) is 11.1 Å². The van der Waals surface area contributed by atoms with Gasteiger partial charge in [-0.2, -0.15) is 0 Å². The predicted molar refractivity (Wildman–Crippen MR) is 118 cm³/mol. The summed E-state index contributed by atoms with van der Waals surface area (Å²) in [4.78, 5) is 13.4. The summed E-state index contributed by atoms with van der Waals surface area (Å²) in [7, 11) is 0. The van der Waals surface area contributed by atoms with Crippen molar-refractivity contribution in [3.05, 3.63) is 82.9 Å². The summed E-state index contributed by atoms with van der Waals surface area (Å²) in [6.07, 6.45) is 3.29. The second-order valence-corrected chi connectivity index (χ2v) is 8.45. The van der Waals surface area contributed by atoms with Crippen molar-refractivity contribution in [3.8, 4) is 22.6 Å². The number of ether oxygens (including phenoxy) is 2. The first-order valence-electron chi connectivity index (χ1n) is 10.7. The van der Waals surface area contributed by atoms with Crippen LogP contribution in [0.4, 0.5) is 0 Å². The number of ketones is 1. The summed E-state index contributed by atoms with van der Waals surface area (Å²) in [5.41, 5.74) is 6.68. The molecule has 0 unspecified atom stereocenters. The smallest absolute Gasteiger partial charge is 0.231 e. The number of aryl methyl sites for hydroxylation is 2. The Bertz CT molecular complexity index is 1120. The quantitative estimate of drug-likeness (QED) is 0.527. The minimum atomic E-state index is -0.369. The van der Waals surface area contributed by atoms with E-state index in [4.69, 9.17) is 9.47 Å². The summed E-state index contributed by atoms with van der Waals surface area (Å²) < 4.78 is 11.0. The highest BCUT2D eigenvalue weighted by atomic mass is 16.7. The number of rotatable bonds is 6. The van der Waals surface area contributed by atoms with Gasteiger partial charge in [0.2, 0.25) is 6.79 Å². The van der Waals surface area contributed by atoms with Gasteiger partial charge < -0.3 is 9.47 Å². The van der Waals surface area contributed by atoms with Crippen LogP contribution in [-0.4, -0.2) is 12.6 Å². The van der Waals surface area contributed by atoms with Crippen molar-refractivity contribution < 1.29 is 14.3 Å². The average molecular weight is 399 g/mol. The van der Waals surface area contributed by atoms with Gasteiger partial charge >= 0.3 is 0 Å². The van der Waals surface area contributed by atoms with Gasteiger partial charge in [0.25, 0.3) is 0 Å². The highest BCUT2D eigenvalue weighted by molar-refractivity contribution is 5.95. The Hall–Kier alpha value is -3.07. The van der Waals surface area contributed by atoms with E-state index in [9.17, 15) is 4.79 Å². The molecule has 0 spiro atoms. The highest BCUT2D eigenvalue weighted by Gasteiger charge is 2.50. The third-order valence-corrected chi connectivity index (χ3v) is 6.58. The van der Waals surface area contributed by atoms with Crippen molar-refractivity contribution >= 4 is 5.78 Å². The fourth-order valence-electron chi connectivity index (χ4n) is 4.40. The molecular weight excluding hydrogens is 372 g/mol. The van der Waals surface area contributed by atoms with Gasteiger partial charge in [-0.15, -0.1) is 0 Å². The number of carbonyl (C=O) groups excluding carboxylic acids is 1. The third kappa shape index (κ3) is 3.28. The van der Waals surface area contributed by atoms with Crippen LogP contribution < -0.4 is 9.47 Å². The molecule has 2 aliphatic rings. The van der Waals surface area contributed by atoms with E-state index in [1.165, 1.54) is 22.3 Å². The van der Waals surface area contributed by atoms with Gasteiger partial charge in [0.15, 0.2) is 11.5 Å². The van der Waals surface area contributed by atoms with Crippen molar-refractivity contribution in [2.45, 2.75) is 44.9 Å². The number of benzene rings is 3. The Morgan fingerprint density at radius 1 is 0.933 bits per heavy atom. The zero-order chi connectivity index (χ0) is 20.7. The lowest BCUT2D eigenvalue weighted by Gasteiger charge is -2.17. The Morgan fingerprint density at radius 3 is 2.53 bits per heavy atom. The fraction of sp³-hybridized carbons (Fsp3) is 0.296. The number of carbonyl (C=O) groups is 1. The number of Topliss-reactive ketones (excluding diaryl/α,β-unsaturated/α-hetero) is 1. The monoisotopic (exact) mass is 398 g/mol. The maximum absolute atomic E-state index is 13.4. The maximum atomic E-state index is 13.4. The van der Waals surface area contributed by atoms with Crippen LogP contribution in [0.15, 0.2) is 60.7 Å². The van der Waals surface area contributed by atoms with Crippen LogP contribution in [-0.2, 0) is 23.1 Å². The van der Waals surface area contributed by atoms with E-state index in [0.29, 0.717) is 12.2 Å². The first kappa shape index (κ1) is 18.9. The van der Waals surface area contributed by atoms with Gasteiger partial charge in [-0.25, -0.2) is 0 Å². The molecule has 0 N–H and O–H groups in total. The zero-order valence-corrected chi connectivity index (χ0v) is 17.5. The van der Waals surface area contributed by atoms with E-state index in [0.717, 1.165) is 41.9 Å². The van der Waals surface area contributed by atoms with Crippen molar-refractivity contribution in [2.75, 3.05) is 6.79 Å². The Kier molecular flexibility index (Phi) is 4.62. The number of fused-ring (bicyclic) bond motifs is 1.